The maximum Gasteiger partial charge on any atom is 0.0577 e. The third-order valence-electron chi connectivity index (χ3n) is 6.10. The van der Waals surface area contributed by atoms with Crippen molar-refractivity contribution in [2.75, 3.05) is 13.7 Å². The Kier molecular flexibility index (Phi) is 7.53. The molecule has 0 aliphatic heterocycles. The summed E-state index contributed by atoms with van der Waals surface area (Å²) in [5.41, 5.74) is 0. The summed E-state index contributed by atoms with van der Waals surface area (Å²) in [6, 6.07) is 0. The van der Waals surface area contributed by atoms with Crippen molar-refractivity contribution in [1.82, 2.24) is 0 Å². The normalized spacial score (nSPS) is 35.6. The molecule has 0 amide bonds. The average molecular weight is 296 g/mol. The Labute approximate surface area is 132 Å². The van der Waals surface area contributed by atoms with Crippen LogP contribution in [0.5, 0.6) is 0 Å². The fourth-order valence-electron chi connectivity index (χ4n) is 4.31. The van der Waals surface area contributed by atoms with Gasteiger partial charge in [-0.1, -0.05) is 33.1 Å². The molecule has 0 aromatic rings. The van der Waals surface area contributed by atoms with E-state index in [1.165, 1.54) is 64.2 Å². The first kappa shape index (κ1) is 17.3. The maximum atomic E-state index is 6.19. The molecule has 0 spiro atoms. The zero-order valence-corrected chi connectivity index (χ0v) is 14.5. The zero-order chi connectivity index (χ0) is 15.1. The van der Waals surface area contributed by atoms with Gasteiger partial charge in [-0.05, 0) is 62.7 Å². The van der Waals surface area contributed by atoms with Crippen LogP contribution in [0.3, 0.4) is 0 Å². The van der Waals surface area contributed by atoms with E-state index in [1.807, 2.05) is 7.11 Å². The molecule has 0 bridgehead atoms. The molecule has 0 N–H and O–H groups in total. The molecule has 21 heavy (non-hydrogen) atoms. The molecular weight excluding hydrogens is 260 g/mol. The number of rotatable bonds is 7. The second-order valence-electron chi connectivity index (χ2n) is 7.47. The molecule has 2 fully saturated rings. The van der Waals surface area contributed by atoms with Crippen LogP contribution >= 0.6 is 0 Å². The van der Waals surface area contributed by atoms with Crippen LogP contribution in [-0.2, 0) is 9.47 Å². The van der Waals surface area contributed by atoms with Crippen molar-refractivity contribution in [3.05, 3.63) is 0 Å². The van der Waals surface area contributed by atoms with Gasteiger partial charge < -0.3 is 9.47 Å². The van der Waals surface area contributed by atoms with Crippen molar-refractivity contribution < 1.29 is 9.47 Å². The van der Waals surface area contributed by atoms with E-state index in [4.69, 9.17) is 9.47 Å². The van der Waals surface area contributed by atoms with Gasteiger partial charge in [0, 0.05) is 13.7 Å². The molecule has 0 heterocycles. The molecular formula is C19H36O2. The van der Waals surface area contributed by atoms with E-state index in [9.17, 15) is 0 Å². The van der Waals surface area contributed by atoms with Crippen LogP contribution in [0.4, 0.5) is 0 Å². The lowest BCUT2D eigenvalue weighted by atomic mass is 9.78. The van der Waals surface area contributed by atoms with Crippen molar-refractivity contribution in [2.45, 2.75) is 90.3 Å². The summed E-state index contributed by atoms with van der Waals surface area (Å²) in [6.07, 6.45) is 14.3. The Bertz CT molecular complexity index is 271. The van der Waals surface area contributed by atoms with Crippen LogP contribution in [0.2, 0.25) is 0 Å². The number of methoxy groups -OCH3 is 1. The third kappa shape index (κ3) is 5.56. The van der Waals surface area contributed by atoms with Crippen LogP contribution in [0, 0.1) is 17.8 Å². The van der Waals surface area contributed by atoms with Gasteiger partial charge in [0.15, 0.2) is 0 Å². The van der Waals surface area contributed by atoms with Gasteiger partial charge in [0.05, 0.1) is 12.2 Å². The Morgan fingerprint density at radius 3 is 2.43 bits per heavy atom. The molecule has 2 saturated carbocycles. The van der Waals surface area contributed by atoms with Gasteiger partial charge in [0.1, 0.15) is 0 Å². The molecule has 0 aromatic carbocycles. The van der Waals surface area contributed by atoms with E-state index in [1.54, 1.807) is 0 Å². The summed E-state index contributed by atoms with van der Waals surface area (Å²) in [5.74, 6) is 2.63. The summed E-state index contributed by atoms with van der Waals surface area (Å²) in [5, 5.41) is 0. The summed E-state index contributed by atoms with van der Waals surface area (Å²) >= 11 is 0. The highest BCUT2D eigenvalue weighted by atomic mass is 16.5. The molecule has 1 unspecified atom stereocenters. The second kappa shape index (κ2) is 9.15. The number of ether oxygens (including phenoxy) is 2. The fourth-order valence-corrected chi connectivity index (χ4v) is 4.31. The van der Waals surface area contributed by atoms with Crippen LogP contribution in [0.25, 0.3) is 0 Å². The smallest absolute Gasteiger partial charge is 0.0577 e. The molecule has 0 radical (unpaired) electrons. The van der Waals surface area contributed by atoms with Gasteiger partial charge in [0.25, 0.3) is 0 Å². The standard InChI is InChI=1S/C19H36O2/c1-4-16-6-5-7-19(14-16)21-13-12-15(2)17-8-10-18(20-3)11-9-17/h15-19H,4-14H2,1-3H3/t15?,16-,17?,18?,19-/m0/s1. The summed E-state index contributed by atoms with van der Waals surface area (Å²) in [4.78, 5) is 0. The van der Waals surface area contributed by atoms with Crippen LogP contribution in [-0.4, -0.2) is 25.9 Å². The van der Waals surface area contributed by atoms with E-state index in [-0.39, 0.29) is 0 Å². The molecule has 2 rings (SSSR count). The Morgan fingerprint density at radius 1 is 1.00 bits per heavy atom. The minimum Gasteiger partial charge on any atom is -0.381 e. The first-order valence-electron chi connectivity index (χ1n) is 9.37. The Balaban J connectivity index is 1.60. The lowest BCUT2D eigenvalue weighted by Crippen LogP contribution is -2.26. The van der Waals surface area contributed by atoms with Gasteiger partial charge in [0.2, 0.25) is 0 Å². The highest BCUT2D eigenvalue weighted by molar-refractivity contribution is 4.77. The van der Waals surface area contributed by atoms with E-state index in [2.05, 4.69) is 13.8 Å². The molecule has 2 aliphatic rings. The van der Waals surface area contributed by atoms with E-state index >= 15 is 0 Å². The van der Waals surface area contributed by atoms with Gasteiger partial charge in [-0.15, -0.1) is 0 Å². The van der Waals surface area contributed by atoms with Crippen LogP contribution in [0.15, 0.2) is 0 Å². The second-order valence-corrected chi connectivity index (χ2v) is 7.47. The number of hydrogen-bond donors (Lipinski definition) is 0. The SMILES string of the molecule is CC[C@H]1CCC[C@H](OCCC(C)C2CCC(OC)CC2)C1. The molecule has 0 aromatic heterocycles. The molecule has 0 saturated heterocycles. The van der Waals surface area contributed by atoms with Crippen LogP contribution < -0.4 is 0 Å². The molecule has 2 nitrogen and oxygen atoms in total. The number of hydrogen-bond acceptors (Lipinski definition) is 2. The van der Waals surface area contributed by atoms with Crippen molar-refractivity contribution in [1.29, 1.82) is 0 Å². The average Bonchev–Trinajstić information content (AvgIpc) is 2.55. The predicted octanol–water partition coefficient (Wildman–Crippen LogP) is 5.20. The van der Waals surface area contributed by atoms with Gasteiger partial charge in [-0.3, -0.25) is 0 Å². The monoisotopic (exact) mass is 296 g/mol. The largest absolute Gasteiger partial charge is 0.381 e. The first-order chi connectivity index (χ1) is 10.2. The summed E-state index contributed by atoms with van der Waals surface area (Å²) in [6.45, 7) is 5.73. The van der Waals surface area contributed by atoms with Crippen molar-refractivity contribution in [2.24, 2.45) is 17.8 Å². The predicted molar refractivity (Wildman–Crippen MR) is 88.5 cm³/mol. The summed E-state index contributed by atoms with van der Waals surface area (Å²) in [7, 11) is 1.86. The fraction of sp³-hybridized carbons (Fsp3) is 1.00. The van der Waals surface area contributed by atoms with E-state index < -0.39 is 0 Å². The topological polar surface area (TPSA) is 18.5 Å². The van der Waals surface area contributed by atoms with Crippen LogP contribution in [0.1, 0.15) is 78.1 Å². The Hall–Kier alpha value is -0.0800. The lowest BCUT2D eigenvalue weighted by molar-refractivity contribution is -0.000496. The third-order valence-corrected chi connectivity index (χ3v) is 6.10. The molecule has 124 valence electrons. The Morgan fingerprint density at radius 2 is 1.76 bits per heavy atom. The highest BCUT2D eigenvalue weighted by Gasteiger charge is 2.26. The highest BCUT2D eigenvalue weighted by Crippen LogP contribution is 2.33. The van der Waals surface area contributed by atoms with E-state index in [0.717, 1.165) is 24.4 Å². The zero-order valence-electron chi connectivity index (χ0n) is 14.5. The van der Waals surface area contributed by atoms with Crippen molar-refractivity contribution in [3.63, 3.8) is 0 Å². The van der Waals surface area contributed by atoms with E-state index in [0.29, 0.717) is 12.2 Å². The van der Waals surface area contributed by atoms with Gasteiger partial charge in [-0.2, -0.15) is 0 Å². The molecule has 2 heteroatoms. The molecule has 3 atom stereocenters. The summed E-state index contributed by atoms with van der Waals surface area (Å²) < 4.78 is 11.7. The quantitative estimate of drug-likeness (QED) is 0.642. The first-order valence-corrected chi connectivity index (χ1v) is 9.37. The van der Waals surface area contributed by atoms with Gasteiger partial charge in [-0.25, -0.2) is 0 Å². The van der Waals surface area contributed by atoms with Crippen molar-refractivity contribution in [3.8, 4) is 0 Å². The molecule has 2 aliphatic carbocycles. The maximum absolute atomic E-state index is 6.19. The van der Waals surface area contributed by atoms with Gasteiger partial charge >= 0.3 is 0 Å². The lowest BCUT2D eigenvalue weighted by Gasteiger charge is -2.32. The minimum absolute atomic E-state index is 0.526. The van der Waals surface area contributed by atoms with Crippen molar-refractivity contribution >= 4 is 0 Å². The minimum atomic E-state index is 0.526.